The summed E-state index contributed by atoms with van der Waals surface area (Å²) in [4.78, 5) is 29.4. The molecule has 6 nitrogen and oxygen atoms in total. The third-order valence-corrected chi connectivity index (χ3v) is 1.18. The lowest BCUT2D eigenvalue weighted by atomic mass is 10.4. The number of methoxy groups -OCH3 is 2. The molecule has 0 unspecified atom stereocenters. The highest BCUT2D eigenvalue weighted by molar-refractivity contribution is 5.74. The Bertz CT molecular complexity index is 206. The van der Waals surface area contributed by atoms with Crippen molar-refractivity contribution in [3.63, 3.8) is 0 Å². The smallest absolute Gasteiger partial charge is 0.466 e. The molecule has 17 heavy (non-hydrogen) atoms. The molecule has 0 aromatic carbocycles. The van der Waals surface area contributed by atoms with Crippen molar-refractivity contribution in [2.45, 2.75) is 34.1 Å². The van der Waals surface area contributed by atoms with E-state index >= 15 is 0 Å². The van der Waals surface area contributed by atoms with Crippen LogP contribution in [-0.2, 0) is 23.8 Å². The van der Waals surface area contributed by atoms with Crippen molar-refractivity contribution in [3.8, 4) is 0 Å². The van der Waals surface area contributed by atoms with Crippen LogP contribution in [0.5, 0.6) is 0 Å². The molecule has 0 aromatic rings. The maximum Gasteiger partial charge on any atom is 0.507 e. The molecule has 0 N–H and O–H groups in total. The van der Waals surface area contributed by atoms with Crippen LogP contribution < -0.4 is 0 Å². The van der Waals surface area contributed by atoms with Crippen LogP contribution in [0.3, 0.4) is 0 Å². The van der Waals surface area contributed by atoms with Gasteiger partial charge in [-0.3, -0.25) is 4.79 Å². The quantitative estimate of drug-likeness (QED) is 0.697. The summed E-state index contributed by atoms with van der Waals surface area (Å²) in [5.41, 5.74) is 0. The molecule has 0 atom stereocenters. The summed E-state index contributed by atoms with van der Waals surface area (Å²) in [6, 6.07) is 0. The summed E-state index contributed by atoms with van der Waals surface area (Å²) in [5, 5.41) is 0. The van der Waals surface area contributed by atoms with Gasteiger partial charge in [-0.05, 0) is 13.8 Å². The molecule has 0 fully saturated rings. The average Bonchev–Trinajstić information content (AvgIpc) is 2.29. The van der Waals surface area contributed by atoms with Gasteiger partial charge in [0.2, 0.25) is 0 Å². The van der Waals surface area contributed by atoms with Crippen molar-refractivity contribution in [2.24, 2.45) is 0 Å². The summed E-state index contributed by atoms with van der Waals surface area (Å²) in [6.07, 6.45) is 0.00926. The number of Topliss-reactive ketones (excluding diaryl/α,β-unsaturated/α-hetero) is 1. The Morgan fingerprint density at radius 1 is 0.941 bits per heavy atom. The molecule has 0 bridgehead atoms. The Morgan fingerprint density at radius 2 is 1.29 bits per heavy atom. The van der Waals surface area contributed by atoms with Crippen molar-refractivity contribution in [2.75, 3.05) is 20.8 Å². The fourth-order valence-electron chi connectivity index (χ4n) is 0.287. The number of carbonyl (C=O) groups excluding carboxylic acids is 3. The van der Waals surface area contributed by atoms with Crippen LogP contribution in [0.1, 0.15) is 34.1 Å². The van der Waals surface area contributed by atoms with Gasteiger partial charge in [0, 0.05) is 13.3 Å². The fraction of sp³-hybridized carbons (Fsp3) is 0.727. The first-order valence-corrected chi connectivity index (χ1v) is 5.10. The lowest BCUT2D eigenvalue weighted by Gasteiger charge is -1.89. The topological polar surface area (TPSA) is 78.9 Å². The van der Waals surface area contributed by atoms with Crippen LogP contribution in [0.4, 0.5) is 4.79 Å². The van der Waals surface area contributed by atoms with Gasteiger partial charge in [0.15, 0.2) is 0 Å². The van der Waals surface area contributed by atoms with Crippen molar-refractivity contribution in [3.05, 3.63) is 0 Å². The molecular formula is C11H22O6. The van der Waals surface area contributed by atoms with Gasteiger partial charge in [0.25, 0.3) is 0 Å². The Kier molecular flexibility index (Phi) is 20.6. The maximum atomic E-state index is 9.82. The molecule has 0 saturated heterocycles. The van der Waals surface area contributed by atoms with E-state index in [-0.39, 0.29) is 11.8 Å². The zero-order chi connectivity index (χ0) is 14.3. The Balaban J connectivity index is -0.000000174. The van der Waals surface area contributed by atoms with Crippen molar-refractivity contribution in [1.82, 2.24) is 0 Å². The van der Waals surface area contributed by atoms with E-state index in [1.807, 2.05) is 6.92 Å². The van der Waals surface area contributed by atoms with E-state index in [2.05, 4.69) is 14.2 Å². The SMILES string of the molecule is CCC(C)=O.CCOC(C)=O.COC(=O)OC. The molecule has 0 heterocycles. The first-order valence-electron chi connectivity index (χ1n) is 5.10. The van der Waals surface area contributed by atoms with E-state index < -0.39 is 6.16 Å². The highest BCUT2D eigenvalue weighted by Gasteiger charge is 1.88. The number of carbonyl (C=O) groups is 3. The minimum absolute atomic E-state index is 0.211. The van der Waals surface area contributed by atoms with Crippen LogP contribution in [0, 0.1) is 0 Å². The zero-order valence-electron chi connectivity index (χ0n) is 11.4. The first kappa shape index (κ1) is 20.8. The molecule has 0 aromatic heterocycles. The van der Waals surface area contributed by atoms with Crippen LogP contribution in [-0.4, -0.2) is 38.7 Å². The lowest BCUT2D eigenvalue weighted by molar-refractivity contribution is -0.140. The molecule has 0 aliphatic heterocycles. The number of ketones is 1. The average molecular weight is 250 g/mol. The maximum absolute atomic E-state index is 9.82. The second kappa shape index (κ2) is 16.8. The summed E-state index contributed by atoms with van der Waals surface area (Å²) in [5.74, 6) is 0.0440. The second-order valence-corrected chi connectivity index (χ2v) is 2.64. The minimum atomic E-state index is -0.657. The van der Waals surface area contributed by atoms with Gasteiger partial charge in [-0.1, -0.05) is 6.92 Å². The van der Waals surface area contributed by atoms with E-state index in [1.165, 1.54) is 21.1 Å². The van der Waals surface area contributed by atoms with Crippen LogP contribution in [0.15, 0.2) is 0 Å². The Morgan fingerprint density at radius 3 is 1.29 bits per heavy atom. The molecule has 0 spiro atoms. The van der Waals surface area contributed by atoms with Crippen molar-refractivity contribution in [1.29, 1.82) is 0 Å². The van der Waals surface area contributed by atoms with Crippen LogP contribution in [0.2, 0.25) is 0 Å². The summed E-state index contributed by atoms with van der Waals surface area (Å²) < 4.78 is 12.5. The molecule has 0 aliphatic rings. The number of esters is 1. The molecule has 102 valence electrons. The molecule has 0 amide bonds. The van der Waals surface area contributed by atoms with Gasteiger partial charge in [-0.25, -0.2) is 4.79 Å². The van der Waals surface area contributed by atoms with Gasteiger partial charge in [0.1, 0.15) is 5.78 Å². The van der Waals surface area contributed by atoms with E-state index in [9.17, 15) is 14.4 Å². The van der Waals surface area contributed by atoms with Gasteiger partial charge < -0.3 is 19.0 Å². The Hall–Kier alpha value is -1.59. The van der Waals surface area contributed by atoms with Crippen LogP contribution >= 0.6 is 0 Å². The summed E-state index contributed by atoms with van der Waals surface area (Å²) in [6.45, 7) is 7.09. The van der Waals surface area contributed by atoms with E-state index in [0.29, 0.717) is 13.0 Å². The molecule has 0 aliphatic carbocycles. The number of hydrogen-bond donors (Lipinski definition) is 0. The highest BCUT2D eigenvalue weighted by Crippen LogP contribution is 1.72. The Labute approximate surface area is 102 Å². The molecular weight excluding hydrogens is 228 g/mol. The summed E-state index contributed by atoms with van der Waals surface area (Å²) in [7, 11) is 2.51. The van der Waals surface area contributed by atoms with E-state index in [0.717, 1.165) is 0 Å². The third kappa shape index (κ3) is 40.4. The minimum Gasteiger partial charge on any atom is -0.466 e. The van der Waals surface area contributed by atoms with Gasteiger partial charge in [0.05, 0.1) is 20.8 Å². The van der Waals surface area contributed by atoms with E-state index in [4.69, 9.17) is 0 Å². The zero-order valence-corrected chi connectivity index (χ0v) is 11.4. The van der Waals surface area contributed by atoms with Gasteiger partial charge >= 0.3 is 12.1 Å². The largest absolute Gasteiger partial charge is 0.507 e. The van der Waals surface area contributed by atoms with Gasteiger partial charge in [-0.15, -0.1) is 0 Å². The predicted molar refractivity (Wildman–Crippen MR) is 62.7 cm³/mol. The number of ether oxygens (including phenoxy) is 3. The van der Waals surface area contributed by atoms with E-state index in [1.54, 1.807) is 13.8 Å². The van der Waals surface area contributed by atoms with Crippen molar-refractivity contribution < 1.29 is 28.6 Å². The molecule has 0 saturated carbocycles. The monoisotopic (exact) mass is 250 g/mol. The van der Waals surface area contributed by atoms with Gasteiger partial charge in [-0.2, -0.15) is 0 Å². The highest BCUT2D eigenvalue weighted by atomic mass is 16.7. The number of rotatable bonds is 2. The fourth-order valence-corrected chi connectivity index (χ4v) is 0.287. The molecule has 6 heteroatoms. The summed E-state index contributed by atoms with van der Waals surface area (Å²) >= 11 is 0. The second-order valence-electron chi connectivity index (χ2n) is 2.64. The lowest BCUT2D eigenvalue weighted by Crippen LogP contribution is -1.97. The third-order valence-electron chi connectivity index (χ3n) is 1.18. The number of hydrogen-bond acceptors (Lipinski definition) is 6. The predicted octanol–water partition coefficient (Wildman–Crippen LogP) is 1.95. The first-order chi connectivity index (χ1) is 7.85. The molecule has 0 radical (unpaired) electrons. The van der Waals surface area contributed by atoms with Crippen LogP contribution in [0.25, 0.3) is 0 Å². The molecule has 0 rings (SSSR count). The normalized spacial score (nSPS) is 7.41. The van der Waals surface area contributed by atoms with Crippen molar-refractivity contribution >= 4 is 17.9 Å². The standard InChI is InChI=1S/C4H8O2.C4H8O.C3H6O3/c1-3-6-4(2)5;1-3-4(2)5;1-5-3(4)6-2/h3H2,1-2H3;3H2,1-2H3;1-2H3.